The van der Waals surface area contributed by atoms with Crippen molar-refractivity contribution >= 4 is 34.5 Å². The third-order valence-electron chi connectivity index (χ3n) is 6.09. The summed E-state index contributed by atoms with van der Waals surface area (Å²) in [6, 6.07) is 11.4. The number of nitrogens with one attached hydrogen (secondary N) is 3. The number of ether oxygens (including phenoxy) is 1. The lowest BCUT2D eigenvalue weighted by Crippen LogP contribution is -2.37. The Labute approximate surface area is 228 Å². The molecule has 0 saturated carbocycles. The van der Waals surface area contributed by atoms with Crippen LogP contribution in [0.2, 0.25) is 0 Å². The summed E-state index contributed by atoms with van der Waals surface area (Å²) in [5, 5.41) is 6.01. The first-order chi connectivity index (χ1) is 18.6. The summed E-state index contributed by atoms with van der Waals surface area (Å²) in [6.45, 7) is 4.64. The number of nitrogens with zero attached hydrogens (tertiary/aromatic N) is 2. The number of aromatic nitrogens is 2. The van der Waals surface area contributed by atoms with Gasteiger partial charge in [0.1, 0.15) is 5.69 Å². The molecule has 2 aromatic heterocycles. The van der Waals surface area contributed by atoms with E-state index in [-0.39, 0.29) is 23.6 Å². The number of likely N-dealkylation sites (N-methyl/N-ethyl adjacent to an activating group) is 1. The van der Waals surface area contributed by atoms with Crippen LogP contribution in [0.1, 0.15) is 37.9 Å². The largest absolute Gasteiger partial charge is 0.436 e. The summed E-state index contributed by atoms with van der Waals surface area (Å²) < 4.78 is 6.73. The first-order valence-electron chi connectivity index (χ1n) is 12.9. The monoisotopic (exact) mass is 535 g/mol. The Morgan fingerprint density at radius 2 is 1.92 bits per heavy atom. The lowest BCUT2D eigenvalue weighted by atomic mass is 10.0. The highest BCUT2D eigenvalue weighted by Gasteiger charge is 2.23. The van der Waals surface area contributed by atoms with Crippen LogP contribution in [-0.4, -0.2) is 59.6 Å². The van der Waals surface area contributed by atoms with Crippen molar-refractivity contribution in [3.63, 3.8) is 0 Å². The smallest absolute Gasteiger partial charge is 0.407 e. The summed E-state index contributed by atoms with van der Waals surface area (Å²) >= 11 is 0. The average Bonchev–Trinajstić information content (AvgIpc) is 3.31. The molecule has 0 aliphatic heterocycles. The van der Waals surface area contributed by atoms with E-state index < -0.39 is 18.1 Å². The van der Waals surface area contributed by atoms with E-state index in [2.05, 4.69) is 35.5 Å². The van der Waals surface area contributed by atoms with Gasteiger partial charge in [-0.05, 0) is 60.4 Å². The summed E-state index contributed by atoms with van der Waals surface area (Å²) in [7, 11) is 4.65. The minimum absolute atomic E-state index is 0.0722. The number of hydrogen-bond acceptors (Lipinski definition) is 5. The fraction of sp³-hybridized carbons (Fsp3) is 0.379. The van der Waals surface area contributed by atoms with E-state index in [1.165, 1.54) is 34.2 Å². The standard InChI is InChI=1S/C29H37N5O5/c1-19(2)16-20-10-8-11-21-17-22(31-26(20)21)18-34-15-9-12-23(28(34)37)32-27(36)24(39-29(38)30-3)13-6-7-14-25(35)33(4)5/h7-12,14-15,17,19,24,31H,6,13,16,18H2,1-5H3,(H,30,38)(H,32,36)/b14-7+/t24-/m0/s1. The normalized spacial score (nSPS) is 12.1. The molecule has 0 spiro atoms. The topological polar surface area (TPSA) is 126 Å². The van der Waals surface area contributed by atoms with Crippen LogP contribution in [-0.2, 0) is 27.3 Å². The summed E-state index contributed by atoms with van der Waals surface area (Å²) in [4.78, 5) is 54.6. The van der Waals surface area contributed by atoms with Crippen molar-refractivity contribution in [1.29, 1.82) is 0 Å². The van der Waals surface area contributed by atoms with Gasteiger partial charge in [0.2, 0.25) is 5.91 Å². The second-order valence-electron chi connectivity index (χ2n) is 9.97. The first kappa shape index (κ1) is 29.2. The molecule has 0 bridgehead atoms. The maximum Gasteiger partial charge on any atom is 0.407 e. The number of pyridine rings is 1. The minimum atomic E-state index is -1.16. The molecule has 2 heterocycles. The van der Waals surface area contributed by atoms with Gasteiger partial charge in [0, 0.05) is 38.6 Å². The summed E-state index contributed by atoms with van der Waals surface area (Å²) in [5.74, 6) is -0.318. The fourth-order valence-electron chi connectivity index (χ4n) is 4.14. The first-order valence-corrected chi connectivity index (χ1v) is 12.9. The van der Waals surface area contributed by atoms with Crippen molar-refractivity contribution in [1.82, 2.24) is 19.8 Å². The van der Waals surface area contributed by atoms with Gasteiger partial charge in [-0.1, -0.05) is 38.1 Å². The average molecular weight is 536 g/mol. The highest BCUT2D eigenvalue weighted by molar-refractivity contribution is 5.95. The molecule has 3 N–H and O–H groups in total. The van der Waals surface area contributed by atoms with E-state index in [1.807, 2.05) is 18.2 Å². The van der Waals surface area contributed by atoms with Gasteiger partial charge in [-0.15, -0.1) is 0 Å². The predicted molar refractivity (Wildman–Crippen MR) is 152 cm³/mol. The third-order valence-corrected chi connectivity index (χ3v) is 6.09. The van der Waals surface area contributed by atoms with Crippen LogP contribution in [0.3, 0.4) is 0 Å². The molecule has 10 nitrogen and oxygen atoms in total. The maximum atomic E-state index is 13.2. The maximum absolute atomic E-state index is 13.2. The number of carbonyl (C=O) groups is 3. The molecule has 0 fully saturated rings. The Balaban J connectivity index is 1.75. The van der Waals surface area contributed by atoms with E-state index in [4.69, 9.17) is 4.74 Å². The Hall–Kier alpha value is -4.34. The zero-order chi connectivity index (χ0) is 28.5. The third kappa shape index (κ3) is 8.07. The van der Waals surface area contributed by atoms with Crippen LogP contribution in [0, 0.1) is 5.92 Å². The predicted octanol–water partition coefficient (Wildman–Crippen LogP) is 3.66. The number of fused-ring (bicyclic) bond motifs is 1. The van der Waals surface area contributed by atoms with Gasteiger partial charge in [0.05, 0.1) is 6.54 Å². The zero-order valence-electron chi connectivity index (χ0n) is 23.1. The Bertz CT molecular complexity index is 1400. The number of benzene rings is 1. The lowest BCUT2D eigenvalue weighted by Gasteiger charge is -2.17. The number of para-hydroxylation sites is 1. The molecule has 208 valence electrons. The van der Waals surface area contributed by atoms with Crippen LogP contribution in [0.4, 0.5) is 10.5 Å². The number of carbonyl (C=O) groups excluding carboxylic acids is 3. The van der Waals surface area contributed by atoms with Crippen molar-refractivity contribution < 1.29 is 19.1 Å². The van der Waals surface area contributed by atoms with E-state index in [1.54, 1.807) is 32.4 Å². The van der Waals surface area contributed by atoms with Crippen LogP contribution in [0.5, 0.6) is 0 Å². The van der Waals surface area contributed by atoms with Crippen LogP contribution in [0.25, 0.3) is 10.9 Å². The molecule has 3 aromatic rings. The molecule has 0 aliphatic rings. The van der Waals surface area contributed by atoms with E-state index in [0.29, 0.717) is 18.9 Å². The van der Waals surface area contributed by atoms with Crippen molar-refractivity contribution in [3.8, 4) is 0 Å². The van der Waals surface area contributed by atoms with Crippen molar-refractivity contribution in [2.24, 2.45) is 5.92 Å². The van der Waals surface area contributed by atoms with Gasteiger partial charge >= 0.3 is 6.09 Å². The minimum Gasteiger partial charge on any atom is -0.436 e. The molecule has 0 radical (unpaired) electrons. The second-order valence-corrected chi connectivity index (χ2v) is 9.97. The van der Waals surface area contributed by atoms with Crippen molar-refractivity contribution in [2.45, 2.75) is 45.8 Å². The lowest BCUT2D eigenvalue weighted by molar-refractivity contribution is -0.124. The van der Waals surface area contributed by atoms with E-state index in [9.17, 15) is 19.2 Å². The van der Waals surface area contributed by atoms with Gasteiger partial charge in [-0.2, -0.15) is 0 Å². The van der Waals surface area contributed by atoms with Crippen LogP contribution >= 0.6 is 0 Å². The van der Waals surface area contributed by atoms with E-state index >= 15 is 0 Å². The van der Waals surface area contributed by atoms with Crippen LogP contribution in [0.15, 0.2) is 59.5 Å². The fourth-order valence-corrected chi connectivity index (χ4v) is 4.14. The number of aromatic amines is 1. The second kappa shape index (κ2) is 13.5. The molecule has 3 rings (SSSR count). The van der Waals surface area contributed by atoms with Gasteiger partial charge < -0.3 is 29.8 Å². The number of hydrogen-bond donors (Lipinski definition) is 3. The summed E-state index contributed by atoms with van der Waals surface area (Å²) in [5.41, 5.74) is 2.84. The molecular weight excluding hydrogens is 498 g/mol. The molecule has 1 aromatic carbocycles. The highest BCUT2D eigenvalue weighted by Crippen LogP contribution is 2.22. The molecule has 39 heavy (non-hydrogen) atoms. The SMILES string of the molecule is CNC(=O)O[C@@H](CC/C=C/C(=O)N(C)C)C(=O)Nc1cccn(Cc2cc3cccc(CC(C)C)c3[nH]2)c1=O. The molecule has 0 saturated heterocycles. The Morgan fingerprint density at radius 1 is 1.15 bits per heavy atom. The molecular formula is C29H37N5O5. The molecule has 3 amide bonds. The van der Waals surface area contributed by atoms with Crippen LogP contribution < -0.4 is 16.2 Å². The van der Waals surface area contributed by atoms with Crippen molar-refractivity contribution in [3.05, 3.63) is 76.4 Å². The number of rotatable bonds is 11. The molecule has 10 heteroatoms. The van der Waals surface area contributed by atoms with Gasteiger partial charge in [-0.25, -0.2) is 4.79 Å². The molecule has 0 unspecified atom stereocenters. The zero-order valence-corrected chi connectivity index (χ0v) is 23.1. The number of allylic oxidation sites excluding steroid dienone is 1. The molecule has 1 atom stereocenters. The van der Waals surface area contributed by atoms with Gasteiger partial charge in [0.25, 0.3) is 11.5 Å². The Morgan fingerprint density at radius 3 is 2.62 bits per heavy atom. The van der Waals surface area contributed by atoms with Gasteiger partial charge in [-0.3, -0.25) is 14.4 Å². The van der Waals surface area contributed by atoms with Gasteiger partial charge in [0.15, 0.2) is 6.10 Å². The van der Waals surface area contributed by atoms with Crippen molar-refractivity contribution in [2.75, 3.05) is 26.5 Å². The number of anilines is 1. The number of alkyl carbamates (subject to hydrolysis) is 1. The van der Waals surface area contributed by atoms with E-state index in [0.717, 1.165) is 23.0 Å². The quantitative estimate of drug-likeness (QED) is 0.323. The Kier molecular flexibility index (Phi) is 10.1. The molecule has 0 aliphatic carbocycles. The number of H-pyrrole nitrogens is 1. The summed E-state index contributed by atoms with van der Waals surface area (Å²) in [6.07, 6.45) is 4.11. The number of amides is 3. The highest BCUT2D eigenvalue weighted by atomic mass is 16.6.